The van der Waals surface area contributed by atoms with Gasteiger partial charge in [-0.05, 0) is 63.8 Å². The topological polar surface area (TPSA) is 64.4 Å². The third-order valence-electron chi connectivity index (χ3n) is 4.37. The Bertz CT molecular complexity index is 667. The first-order valence-electron chi connectivity index (χ1n) is 8.00. The van der Waals surface area contributed by atoms with E-state index in [9.17, 15) is 4.79 Å². The first kappa shape index (κ1) is 15.6. The van der Waals surface area contributed by atoms with Crippen molar-refractivity contribution in [2.45, 2.75) is 46.3 Å². The highest BCUT2D eigenvalue weighted by Gasteiger charge is 2.29. The fourth-order valence-electron chi connectivity index (χ4n) is 2.57. The van der Waals surface area contributed by atoms with E-state index in [1.807, 2.05) is 26.0 Å². The molecule has 3 rings (SSSR count). The van der Waals surface area contributed by atoms with Crippen molar-refractivity contribution in [2.24, 2.45) is 5.92 Å². The van der Waals surface area contributed by atoms with Gasteiger partial charge in [-0.15, -0.1) is 0 Å². The highest BCUT2D eigenvalue weighted by molar-refractivity contribution is 5.94. The number of carbonyl (C=O) groups excluding carboxylic acids is 1. The van der Waals surface area contributed by atoms with Gasteiger partial charge in [-0.3, -0.25) is 4.79 Å². The van der Waals surface area contributed by atoms with Crippen LogP contribution < -0.4 is 10.1 Å². The Morgan fingerprint density at radius 1 is 1.35 bits per heavy atom. The molecule has 0 saturated heterocycles. The molecule has 1 fully saturated rings. The van der Waals surface area contributed by atoms with E-state index in [1.54, 1.807) is 12.1 Å². The van der Waals surface area contributed by atoms with E-state index in [1.165, 1.54) is 12.8 Å². The molecule has 1 aromatic heterocycles. The smallest absolute Gasteiger partial charge is 0.251 e. The first-order valence-corrected chi connectivity index (χ1v) is 8.00. The van der Waals surface area contributed by atoms with Crippen LogP contribution in [-0.2, 0) is 6.61 Å². The van der Waals surface area contributed by atoms with Crippen LogP contribution in [0.1, 0.15) is 47.1 Å². The monoisotopic (exact) mass is 314 g/mol. The summed E-state index contributed by atoms with van der Waals surface area (Å²) in [5.41, 5.74) is 2.46. The standard InChI is InChI=1S/C18H22N2O3/c1-11(14-4-5-14)19-18(21)15-6-8-16(9-7-15)22-10-17-12(2)20-23-13(17)3/h6-9,11,14H,4-5,10H2,1-3H3,(H,19,21)/t11-/m0/s1. The summed E-state index contributed by atoms with van der Waals surface area (Å²) in [6, 6.07) is 7.46. The summed E-state index contributed by atoms with van der Waals surface area (Å²) >= 11 is 0. The lowest BCUT2D eigenvalue weighted by molar-refractivity contribution is 0.0936. The van der Waals surface area contributed by atoms with Gasteiger partial charge >= 0.3 is 0 Å². The number of ether oxygens (including phenoxy) is 1. The third kappa shape index (κ3) is 3.73. The van der Waals surface area contributed by atoms with Gasteiger partial charge in [-0.1, -0.05) is 5.16 Å². The van der Waals surface area contributed by atoms with E-state index >= 15 is 0 Å². The maximum atomic E-state index is 12.2. The van der Waals surface area contributed by atoms with Crippen LogP contribution in [0, 0.1) is 19.8 Å². The number of aromatic nitrogens is 1. The summed E-state index contributed by atoms with van der Waals surface area (Å²) in [5.74, 6) is 2.11. The fourth-order valence-corrected chi connectivity index (χ4v) is 2.57. The highest BCUT2D eigenvalue weighted by atomic mass is 16.5. The molecular weight excluding hydrogens is 292 g/mol. The van der Waals surface area contributed by atoms with E-state index in [-0.39, 0.29) is 11.9 Å². The Morgan fingerprint density at radius 2 is 2.04 bits per heavy atom. The van der Waals surface area contributed by atoms with Gasteiger partial charge in [0.25, 0.3) is 5.91 Å². The van der Waals surface area contributed by atoms with Crippen molar-refractivity contribution in [3.63, 3.8) is 0 Å². The molecule has 1 heterocycles. The third-order valence-corrected chi connectivity index (χ3v) is 4.37. The zero-order valence-electron chi connectivity index (χ0n) is 13.8. The van der Waals surface area contributed by atoms with Gasteiger partial charge < -0.3 is 14.6 Å². The quantitative estimate of drug-likeness (QED) is 0.887. The van der Waals surface area contributed by atoms with E-state index in [0.717, 1.165) is 22.8 Å². The molecule has 122 valence electrons. The number of nitrogens with one attached hydrogen (secondary N) is 1. The average Bonchev–Trinajstić information content (AvgIpc) is 3.34. The number of carbonyl (C=O) groups is 1. The zero-order valence-corrected chi connectivity index (χ0v) is 13.8. The average molecular weight is 314 g/mol. The molecule has 2 aromatic rings. The Labute approximate surface area is 136 Å². The van der Waals surface area contributed by atoms with Crippen molar-refractivity contribution in [2.75, 3.05) is 0 Å². The van der Waals surface area contributed by atoms with Crippen molar-refractivity contribution < 1.29 is 14.1 Å². The van der Waals surface area contributed by atoms with Crippen molar-refractivity contribution in [1.82, 2.24) is 10.5 Å². The summed E-state index contributed by atoms with van der Waals surface area (Å²) in [6.45, 7) is 6.24. The minimum absolute atomic E-state index is 0.0262. The SMILES string of the molecule is Cc1noc(C)c1COc1ccc(C(=O)N[C@@H](C)C2CC2)cc1. The van der Waals surface area contributed by atoms with Crippen LogP contribution in [0.2, 0.25) is 0 Å². The number of benzene rings is 1. The van der Waals surface area contributed by atoms with Crippen molar-refractivity contribution >= 4 is 5.91 Å². The van der Waals surface area contributed by atoms with E-state index in [0.29, 0.717) is 18.1 Å². The molecule has 23 heavy (non-hydrogen) atoms. The molecule has 1 atom stereocenters. The molecule has 1 amide bonds. The minimum Gasteiger partial charge on any atom is -0.489 e. The minimum atomic E-state index is -0.0262. The lowest BCUT2D eigenvalue weighted by Crippen LogP contribution is -2.33. The van der Waals surface area contributed by atoms with Gasteiger partial charge in [-0.2, -0.15) is 0 Å². The number of hydrogen-bond acceptors (Lipinski definition) is 4. The molecule has 5 nitrogen and oxygen atoms in total. The van der Waals surface area contributed by atoms with Crippen LogP contribution in [0.25, 0.3) is 0 Å². The van der Waals surface area contributed by atoms with Crippen LogP contribution in [0.15, 0.2) is 28.8 Å². The zero-order chi connectivity index (χ0) is 16.4. The first-order chi connectivity index (χ1) is 11.0. The summed E-state index contributed by atoms with van der Waals surface area (Å²) in [5, 5.41) is 6.95. The molecule has 1 N–H and O–H groups in total. The number of aryl methyl sites for hydroxylation is 2. The van der Waals surface area contributed by atoms with E-state index < -0.39 is 0 Å². The molecule has 1 saturated carbocycles. The second kappa shape index (κ2) is 6.44. The second-order valence-electron chi connectivity index (χ2n) is 6.22. The van der Waals surface area contributed by atoms with Crippen molar-refractivity contribution in [3.8, 4) is 5.75 Å². The predicted octanol–water partition coefficient (Wildman–Crippen LogP) is 3.40. The van der Waals surface area contributed by atoms with Gasteiger partial charge in [0.05, 0.1) is 11.3 Å². The normalized spacial score (nSPS) is 15.3. The molecule has 0 spiro atoms. The second-order valence-corrected chi connectivity index (χ2v) is 6.22. The van der Waals surface area contributed by atoms with Crippen LogP contribution in [0.4, 0.5) is 0 Å². The van der Waals surface area contributed by atoms with E-state index in [4.69, 9.17) is 9.26 Å². The number of amides is 1. The van der Waals surface area contributed by atoms with Gasteiger partial charge in [0.1, 0.15) is 18.1 Å². The molecule has 0 aliphatic heterocycles. The molecule has 1 aliphatic carbocycles. The van der Waals surface area contributed by atoms with Crippen molar-refractivity contribution in [3.05, 3.63) is 46.8 Å². The van der Waals surface area contributed by atoms with Crippen LogP contribution in [-0.4, -0.2) is 17.1 Å². The summed E-state index contributed by atoms with van der Waals surface area (Å²) in [4.78, 5) is 12.2. The summed E-state index contributed by atoms with van der Waals surface area (Å²) in [6.07, 6.45) is 2.44. The van der Waals surface area contributed by atoms with Crippen LogP contribution in [0.5, 0.6) is 5.75 Å². The van der Waals surface area contributed by atoms with E-state index in [2.05, 4.69) is 17.4 Å². The molecule has 0 unspecified atom stereocenters. The Kier molecular flexibility index (Phi) is 4.37. The molecule has 0 bridgehead atoms. The lowest BCUT2D eigenvalue weighted by Gasteiger charge is -2.13. The molecule has 5 heteroatoms. The fraction of sp³-hybridized carbons (Fsp3) is 0.444. The van der Waals surface area contributed by atoms with Crippen molar-refractivity contribution in [1.29, 1.82) is 0 Å². The largest absolute Gasteiger partial charge is 0.489 e. The maximum Gasteiger partial charge on any atom is 0.251 e. The molecular formula is C18H22N2O3. The molecule has 1 aromatic carbocycles. The number of rotatable bonds is 6. The van der Waals surface area contributed by atoms with Gasteiger partial charge in [-0.25, -0.2) is 0 Å². The number of hydrogen-bond donors (Lipinski definition) is 1. The van der Waals surface area contributed by atoms with Gasteiger partial charge in [0.2, 0.25) is 0 Å². The van der Waals surface area contributed by atoms with Gasteiger partial charge in [0.15, 0.2) is 0 Å². The Hall–Kier alpha value is -2.30. The van der Waals surface area contributed by atoms with Crippen LogP contribution in [0.3, 0.4) is 0 Å². The molecule has 1 aliphatic rings. The summed E-state index contributed by atoms with van der Waals surface area (Å²) in [7, 11) is 0. The van der Waals surface area contributed by atoms with Gasteiger partial charge in [0, 0.05) is 11.6 Å². The lowest BCUT2D eigenvalue weighted by atomic mass is 10.1. The maximum absolute atomic E-state index is 12.2. The van der Waals surface area contributed by atoms with Crippen LogP contribution >= 0.6 is 0 Å². The summed E-state index contributed by atoms with van der Waals surface area (Å²) < 4.78 is 10.9. The Balaban J connectivity index is 1.57. The highest BCUT2D eigenvalue weighted by Crippen LogP contribution is 2.32. The predicted molar refractivity (Wildman–Crippen MR) is 86.4 cm³/mol. The number of nitrogens with zero attached hydrogens (tertiary/aromatic N) is 1. The molecule has 0 radical (unpaired) electrons. The Morgan fingerprint density at radius 3 is 2.61 bits per heavy atom.